The first-order valence-corrected chi connectivity index (χ1v) is 8.68. The van der Waals surface area contributed by atoms with E-state index in [1.54, 1.807) is 12.4 Å². The summed E-state index contributed by atoms with van der Waals surface area (Å²) in [6.07, 6.45) is 9.20. The molecule has 4 atom stereocenters. The predicted molar refractivity (Wildman–Crippen MR) is 92.4 cm³/mol. The van der Waals surface area contributed by atoms with Gasteiger partial charge in [-0.2, -0.15) is 5.26 Å². The summed E-state index contributed by atoms with van der Waals surface area (Å²) in [4.78, 5) is 24.2. The van der Waals surface area contributed by atoms with Crippen molar-refractivity contribution < 1.29 is 4.79 Å². The lowest BCUT2D eigenvalue weighted by Crippen LogP contribution is -2.44. The lowest BCUT2D eigenvalue weighted by Gasteiger charge is -2.33. The summed E-state index contributed by atoms with van der Waals surface area (Å²) in [6, 6.07) is 6.61. The lowest BCUT2D eigenvalue weighted by atomic mass is 9.77. The molecule has 0 radical (unpaired) electrons. The van der Waals surface area contributed by atoms with Crippen LogP contribution in [0.15, 0.2) is 36.9 Å². The second-order valence-corrected chi connectivity index (χ2v) is 6.71. The van der Waals surface area contributed by atoms with Gasteiger partial charge in [0.15, 0.2) is 0 Å². The van der Waals surface area contributed by atoms with Crippen molar-refractivity contribution in [1.82, 2.24) is 31.1 Å². The average molecular weight is 349 g/mol. The number of hydrazine groups is 1. The van der Waals surface area contributed by atoms with Gasteiger partial charge in [0, 0.05) is 36.9 Å². The Morgan fingerprint density at radius 2 is 1.96 bits per heavy atom. The van der Waals surface area contributed by atoms with Crippen LogP contribution in [0.3, 0.4) is 0 Å². The number of nitrogens with one attached hydrogen (secondary N) is 3. The topological polar surface area (TPSA) is 116 Å². The van der Waals surface area contributed by atoms with Gasteiger partial charge in [-0.15, -0.1) is 0 Å². The van der Waals surface area contributed by atoms with Gasteiger partial charge in [0.05, 0.1) is 11.6 Å². The van der Waals surface area contributed by atoms with E-state index in [1.807, 2.05) is 18.2 Å². The number of nitrogens with zero attached hydrogens (tertiary/aromatic N) is 4. The van der Waals surface area contributed by atoms with Gasteiger partial charge in [-0.05, 0) is 42.9 Å². The summed E-state index contributed by atoms with van der Waals surface area (Å²) in [5.41, 5.74) is 8.36. The van der Waals surface area contributed by atoms with E-state index in [1.165, 1.54) is 18.0 Å². The highest BCUT2D eigenvalue weighted by atomic mass is 16.1. The number of carbonyl (C=O) groups is 1. The third-order valence-corrected chi connectivity index (χ3v) is 5.17. The molecule has 4 rings (SSSR count). The van der Waals surface area contributed by atoms with Gasteiger partial charge in [-0.3, -0.25) is 15.2 Å². The number of rotatable bonds is 3. The molecule has 2 aromatic heterocycles. The van der Waals surface area contributed by atoms with Gasteiger partial charge >= 0.3 is 0 Å². The summed E-state index contributed by atoms with van der Waals surface area (Å²) in [5, 5.41) is 11.8. The zero-order valence-electron chi connectivity index (χ0n) is 14.1. The van der Waals surface area contributed by atoms with Crippen molar-refractivity contribution in [2.45, 2.75) is 37.4 Å². The number of hydrogen-bond donors (Lipinski definition) is 3. The van der Waals surface area contributed by atoms with Crippen molar-refractivity contribution in [3.63, 3.8) is 0 Å². The van der Waals surface area contributed by atoms with Gasteiger partial charge in [0.1, 0.15) is 6.07 Å². The standard InChI is InChI=1S/C18H19N7O/c19-8-16-21-9-12(10-22-16)18(26)23-13-1-2-15-14(7-13)17(25-24-15)11-3-5-20-6-4-11/h3-6,9-10,13-15,17,24-25H,1-2,7H2,(H,23,26). The third kappa shape index (κ3) is 3.27. The second-order valence-electron chi connectivity index (χ2n) is 6.71. The molecule has 0 spiro atoms. The Balaban J connectivity index is 1.42. The van der Waals surface area contributed by atoms with Crippen LogP contribution in [0.2, 0.25) is 0 Å². The number of hydrogen-bond acceptors (Lipinski definition) is 7. The maximum absolute atomic E-state index is 12.4. The Morgan fingerprint density at radius 3 is 2.69 bits per heavy atom. The Labute approximate surface area is 151 Å². The van der Waals surface area contributed by atoms with Gasteiger partial charge < -0.3 is 5.32 Å². The van der Waals surface area contributed by atoms with Crippen molar-refractivity contribution >= 4 is 5.91 Å². The maximum atomic E-state index is 12.4. The van der Waals surface area contributed by atoms with Crippen LogP contribution in [0.25, 0.3) is 0 Å². The molecule has 3 heterocycles. The Bertz CT molecular complexity index is 818. The zero-order valence-corrected chi connectivity index (χ0v) is 14.1. The van der Waals surface area contributed by atoms with E-state index >= 15 is 0 Å². The van der Waals surface area contributed by atoms with Crippen LogP contribution >= 0.6 is 0 Å². The SMILES string of the molecule is N#Cc1ncc(C(=O)NC2CCC3NNC(c4ccncc4)C3C2)cn1. The summed E-state index contributed by atoms with van der Waals surface area (Å²) in [5.74, 6) is 0.260. The van der Waals surface area contributed by atoms with Crippen molar-refractivity contribution in [2.75, 3.05) is 0 Å². The van der Waals surface area contributed by atoms with Gasteiger partial charge in [0.25, 0.3) is 5.91 Å². The minimum absolute atomic E-state index is 0.0605. The number of fused-ring (bicyclic) bond motifs is 1. The molecule has 1 aliphatic carbocycles. The molecule has 2 aliphatic rings. The fourth-order valence-electron chi connectivity index (χ4n) is 3.86. The van der Waals surface area contributed by atoms with Crippen molar-refractivity contribution in [1.29, 1.82) is 5.26 Å². The van der Waals surface area contributed by atoms with Crippen LogP contribution in [0.1, 0.15) is 47.1 Å². The van der Waals surface area contributed by atoms with E-state index in [9.17, 15) is 4.79 Å². The maximum Gasteiger partial charge on any atom is 0.254 e. The zero-order chi connectivity index (χ0) is 17.9. The highest BCUT2D eigenvalue weighted by Crippen LogP contribution is 2.37. The molecule has 1 saturated heterocycles. The number of amides is 1. The van der Waals surface area contributed by atoms with Crippen molar-refractivity contribution in [2.24, 2.45) is 5.92 Å². The minimum Gasteiger partial charge on any atom is -0.349 e. The van der Waals surface area contributed by atoms with Gasteiger partial charge in [-0.25, -0.2) is 15.4 Å². The summed E-state index contributed by atoms with van der Waals surface area (Å²) in [6.45, 7) is 0. The molecule has 2 fully saturated rings. The molecule has 132 valence electrons. The first kappa shape index (κ1) is 16.6. The van der Waals surface area contributed by atoms with E-state index in [4.69, 9.17) is 5.26 Å². The summed E-state index contributed by atoms with van der Waals surface area (Å²) < 4.78 is 0. The predicted octanol–water partition coefficient (Wildman–Crippen LogP) is 0.859. The second kappa shape index (κ2) is 7.15. The monoisotopic (exact) mass is 349 g/mol. The molecule has 4 unspecified atom stereocenters. The van der Waals surface area contributed by atoms with Crippen molar-refractivity contribution in [3.8, 4) is 6.07 Å². The normalized spacial score (nSPS) is 27.3. The molecular weight excluding hydrogens is 330 g/mol. The van der Waals surface area contributed by atoms with Crippen LogP contribution in [0.4, 0.5) is 0 Å². The Morgan fingerprint density at radius 1 is 1.19 bits per heavy atom. The number of carbonyl (C=O) groups excluding carboxylic acids is 1. The van der Waals surface area contributed by atoms with Crippen LogP contribution in [-0.2, 0) is 0 Å². The molecule has 1 amide bonds. The molecule has 0 bridgehead atoms. The van der Waals surface area contributed by atoms with E-state index in [-0.39, 0.29) is 23.8 Å². The molecule has 0 aromatic carbocycles. The summed E-state index contributed by atoms with van der Waals surface area (Å²) in [7, 11) is 0. The average Bonchev–Trinajstić information content (AvgIpc) is 3.12. The fourth-order valence-corrected chi connectivity index (χ4v) is 3.86. The van der Waals surface area contributed by atoms with Gasteiger partial charge in [-0.1, -0.05) is 0 Å². The molecule has 8 nitrogen and oxygen atoms in total. The number of pyridine rings is 1. The van der Waals surface area contributed by atoms with E-state index in [0.29, 0.717) is 17.5 Å². The smallest absolute Gasteiger partial charge is 0.254 e. The lowest BCUT2D eigenvalue weighted by molar-refractivity contribution is 0.0914. The Kier molecular flexibility index (Phi) is 4.56. The van der Waals surface area contributed by atoms with Crippen LogP contribution in [0.5, 0.6) is 0 Å². The van der Waals surface area contributed by atoms with Crippen LogP contribution in [0, 0.1) is 17.2 Å². The summed E-state index contributed by atoms with van der Waals surface area (Å²) >= 11 is 0. The highest BCUT2D eigenvalue weighted by molar-refractivity contribution is 5.93. The molecule has 3 N–H and O–H groups in total. The molecule has 2 aromatic rings. The first-order valence-electron chi connectivity index (χ1n) is 8.68. The van der Waals surface area contributed by atoms with E-state index in [0.717, 1.165) is 19.3 Å². The van der Waals surface area contributed by atoms with E-state index < -0.39 is 0 Å². The largest absolute Gasteiger partial charge is 0.349 e. The highest BCUT2D eigenvalue weighted by Gasteiger charge is 2.41. The van der Waals surface area contributed by atoms with Gasteiger partial charge in [0.2, 0.25) is 5.82 Å². The van der Waals surface area contributed by atoms with E-state index in [2.05, 4.69) is 31.1 Å². The van der Waals surface area contributed by atoms with Crippen molar-refractivity contribution in [3.05, 3.63) is 53.9 Å². The Hall–Kier alpha value is -2.89. The fraction of sp³-hybridized carbons (Fsp3) is 0.389. The number of nitriles is 1. The molecule has 8 heteroatoms. The third-order valence-electron chi connectivity index (χ3n) is 5.17. The molecule has 26 heavy (non-hydrogen) atoms. The molecule has 1 saturated carbocycles. The first-order chi connectivity index (χ1) is 12.7. The van der Waals surface area contributed by atoms with Crippen LogP contribution < -0.4 is 16.2 Å². The molecular formula is C18H19N7O. The van der Waals surface area contributed by atoms with Crippen LogP contribution in [-0.4, -0.2) is 32.9 Å². The minimum atomic E-state index is -0.197. The quantitative estimate of drug-likeness (QED) is 0.752. The molecule has 1 aliphatic heterocycles. The number of aromatic nitrogens is 3.